The van der Waals surface area contributed by atoms with Gasteiger partial charge in [-0.1, -0.05) is 30.3 Å². The van der Waals surface area contributed by atoms with E-state index in [0.29, 0.717) is 18.1 Å². The third-order valence-electron chi connectivity index (χ3n) is 7.79. The fraction of sp³-hybridized carbons (Fsp3) is 0.321. The summed E-state index contributed by atoms with van der Waals surface area (Å²) >= 11 is 6.98. The molecule has 196 valence electrons. The summed E-state index contributed by atoms with van der Waals surface area (Å²) in [7, 11) is -3.13. The lowest BCUT2D eigenvalue weighted by Crippen LogP contribution is -2.38. The lowest BCUT2D eigenvalue weighted by molar-refractivity contribution is -0.127. The number of nitrogens with one attached hydrogen (secondary N) is 1. The quantitative estimate of drug-likeness (QED) is 0.355. The Labute approximate surface area is 226 Å². The Hall–Kier alpha value is -3.43. The number of aryl methyl sites for hydroxylation is 1. The Kier molecular flexibility index (Phi) is 5.96. The standard InChI is InChI=1S/C28H28ClN5O3S/c1-4-24(35)33-9-7-21(8-10-33)34-17(3)25(26-22-13-30-31-23(22)11-16(2)27(26)29)28(32-34)18-5-6-19-14-38(36,37)15-20(19)12-18/h4-6,11-13,21H,1,7-10,14-15H2,2-3H3,(H,30,31). The maximum absolute atomic E-state index is 12.3. The lowest BCUT2D eigenvalue weighted by Gasteiger charge is -2.32. The van der Waals surface area contributed by atoms with Gasteiger partial charge in [-0.05, 0) is 61.6 Å². The molecule has 0 saturated carbocycles. The summed E-state index contributed by atoms with van der Waals surface area (Å²) in [4.78, 5) is 13.9. The van der Waals surface area contributed by atoms with Crippen LogP contribution in [0.25, 0.3) is 33.3 Å². The van der Waals surface area contributed by atoms with Crippen LogP contribution in [0.3, 0.4) is 0 Å². The van der Waals surface area contributed by atoms with Crippen LogP contribution in [-0.4, -0.2) is 52.3 Å². The highest BCUT2D eigenvalue weighted by Crippen LogP contribution is 2.45. The zero-order valence-electron chi connectivity index (χ0n) is 21.3. The van der Waals surface area contributed by atoms with Crippen molar-refractivity contribution in [3.63, 3.8) is 0 Å². The van der Waals surface area contributed by atoms with Crippen LogP contribution in [0, 0.1) is 13.8 Å². The number of H-pyrrole nitrogens is 1. The molecule has 0 spiro atoms. The molecular weight excluding hydrogens is 522 g/mol. The smallest absolute Gasteiger partial charge is 0.245 e. The highest BCUT2D eigenvalue weighted by Gasteiger charge is 2.30. The third-order valence-corrected chi connectivity index (χ3v) is 9.78. The lowest BCUT2D eigenvalue weighted by atomic mass is 9.93. The first-order valence-corrected chi connectivity index (χ1v) is 14.8. The minimum atomic E-state index is -3.13. The second-order valence-electron chi connectivity index (χ2n) is 10.2. The second kappa shape index (κ2) is 9.10. The number of halogens is 1. The molecule has 1 amide bonds. The number of aromatic amines is 1. The molecule has 2 aromatic carbocycles. The van der Waals surface area contributed by atoms with E-state index in [-0.39, 0.29) is 23.5 Å². The fourth-order valence-corrected chi connectivity index (χ4v) is 7.70. The van der Waals surface area contributed by atoms with Crippen LogP contribution in [0.2, 0.25) is 5.02 Å². The van der Waals surface area contributed by atoms with E-state index >= 15 is 0 Å². The molecule has 0 radical (unpaired) electrons. The number of aromatic nitrogens is 4. The molecule has 0 unspecified atom stereocenters. The Bertz CT molecular complexity index is 1730. The van der Waals surface area contributed by atoms with Gasteiger partial charge in [-0.15, -0.1) is 0 Å². The van der Waals surface area contributed by atoms with Crippen LogP contribution in [-0.2, 0) is 26.1 Å². The van der Waals surface area contributed by atoms with Crippen LogP contribution >= 0.6 is 11.6 Å². The molecule has 38 heavy (non-hydrogen) atoms. The van der Waals surface area contributed by atoms with Crippen LogP contribution < -0.4 is 0 Å². The zero-order chi connectivity index (χ0) is 26.8. The van der Waals surface area contributed by atoms with Gasteiger partial charge in [0.1, 0.15) is 5.69 Å². The fourth-order valence-electron chi connectivity index (χ4n) is 5.85. The van der Waals surface area contributed by atoms with Crippen molar-refractivity contribution in [1.29, 1.82) is 0 Å². The molecule has 0 bridgehead atoms. The van der Waals surface area contributed by atoms with Crippen molar-refractivity contribution in [2.75, 3.05) is 13.1 Å². The van der Waals surface area contributed by atoms with Crippen molar-refractivity contribution in [3.05, 3.63) is 70.5 Å². The average Bonchev–Trinajstić information content (AvgIpc) is 3.58. The number of piperidine rings is 1. The van der Waals surface area contributed by atoms with Crippen molar-refractivity contribution in [1.82, 2.24) is 24.9 Å². The minimum Gasteiger partial charge on any atom is -0.339 e. The Morgan fingerprint density at radius 2 is 1.87 bits per heavy atom. The van der Waals surface area contributed by atoms with Crippen molar-refractivity contribution >= 4 is 38.2 Å². The van der Waals surface area contributed by atoms with Crippen molar-refractivity contribution in [3.8, 4) is 22.4 Å². The third kappa shape index (κ3) is 4.05. The van der Waals surface area contributed by atoms with E-state index < -0.39 is 9.84 Å². The number of likely N-dealkylation sites (tertiary alicyclic amines) is 1. The molecule has 1 saturated heterocycles. The summed E-state index contributed by atoms with van der Waals surface area (Å²) in [6, 6.07) is 7.90. The van der Waals surface area contributed by atoms with Gasteiger partial charge in [-0.2, -0.15) is 10.2 Å². The SMILES string of the molecule is C=CC(=O)N1CCC(n2nc(-c3ccc4c(c3)CS(=O)(=O)C4)c(-c3c(Cl)c(C)cc4[nH]ncc34)c2C)CC1. The molecule has 0 aliphatic carbocycles. The number of sulfone groups is 1. The average molecular weight is 550 g/mol. The topological polar surface area (TPSA) is 101 Å². The number of nitrogens with zero attached hydrogens (tertiary/aromatic N) is 4. The summed E-state index contributed by atoms with van der Waals surface area (Å²) in [5.41, 5.74) is 7.83. The van der Waals surface area contributed by atoms with E-state index in [1.54, 1.807) is 6.20 Å². The Balaban J connectivity index is 1.53. The first kappa shape index (κ1) is 24.9. The van der Waals surface area contributed by atoms with Gasteiger partial charge in [0, 0.05) is 40.9 Å². The first-order valence-electron chi connectivity index (χ1n) is 12.6. The van der Waals surface area contributed by atoms with Crippen LogP contribution in [0.15, 0.2) is 43.1 Å². The zero-order valence-corrected chi connectivity index (χ0v) is 22.9. The molecule has 1 N–H and O–H groups in total. The summed E-state index contributed by atoms with van der Waals surface area (Å²) in [6.45, 7) is 8.90. The summed E-state index contributed by atoms with van der Waals surface area (Å²) < 4.78 is 26.7. The molecule has 8 nitrogen and oxygen atoms in total. The van der Waals surface area contributed by atoms with Crippen molar-refractivity contribution < 1.29 is 13.2 Å². The summed E-state index contributed by atoms with van der Waals surface area (Å²) in [6.07, 6.45) is 4.68. The predicted molar refractivity (Wildman–Crippen MR) is 149 cm³/mol. The molecule has 2 aliphatic rings. The highest BCUT2D eigenvalue weighted by atomic mass is 35.5. The molecule has 0 atom stereocenters. The van der Waals surface area contributed by atoms with Gasteiger partial charge >= 0.3 is 0 Å². The predicted octanol–water partition coefficient (Wildman–Crippen LogP) is 5.14. The van der Waals surface area contributed by atoms with Crippen molar-refractivity contribution in [2.24, 2.45) is 0 Å². The van der Waals surface area contributed by atoms with E-state index in [9.17, 15) is 13.2 Å². The van der Waals surface area contributed by atoms with Gasteiger partial charge in [0.25, 0.3) is 0 Å². The number of rotatable bonds is 4. The Morgan fingerprint density at radius 3 is 2.61 bits per heavy atom. The van der Waals surface area contributed by atoms with Gasteiger partial charge in [0.2, 0.25) is 5.91 Å². The second-order valence-corrected chi connectivity index (χ2v) is 12.7. The summed E-state index contributed by atoms with van der Waals surface area (Å²) in [5, 5.41) is 14.0. The van der Waals surface area contributed by atoms with Gasteiger partial charge in [0.15, 0.2) is 9.84 Å². The Morgan fingerprint density at radius 1 is 1.13 bits per heavy atom. The maximum Gasteiger partial charge on any atom is 0.245 e. The van der Waals surface area contributed by atoms with E-state index in [4.69, 9.17) is 16.7 Å². The number of carbonyl (C=O) groups is 1. The largest absolute Gasteiger partial charge is 0.339 e. The summed E-state index contributed by atoms with van der Waals surface area (Å²) in [5.74, 6) is 0.0617. The van der Waals surface area contributed by atoms with E-state index in [1.165, 1.54) is 6.08 Å². The molecule has 2 aromatic heterocycles. The molecule has 1 fully saturated rings. The molecular formula is C28H28ClN5O3S. The molecule has 2 aliphatic heterocycles. The van der Waals surface area contributed by atoms with Gasteiger partial charge in [-0.25, -0.2) is 8.42 Å². The number of fused-ring (bicyclic) bond motifs is 2. The minimum absolute atomic E-state index is 0.0398. The maximum atomic E-state index is 12.3. The highest BCUT2D eigenvalue weighted by molar-refractivity contribution is 7.90. The van der Waals surface area contributed by atoms with Gasteiger partial charge in [-0.3, -0.25) is 14.6 Å². The first-order chi connectivity index (χ1) is 18.2. The van der Waals surface area contributed by atoms with Crippen LogP contribution in [0.5, 0.6) is 0 Å². The van der Waals surface area contributed by atoms with Gasteiger partial charge in [0.05, 0.1) is 34.3 Å². The van der Waals surface area contributed by atoms with Gasteiger partial charge < -0.3 is 4.90 Å². The molecule has 6 rings (SSSR count). The van der Waals surface area contributed by atoms with Crippen molar-refractivity contribution in [2.45, 2.75) is 44.2 Å². The number of carbonyl (C=O) groups excluding carboxylic acids is 1. The number of amides is 1. The number of hydrogen-bond acceptors (Lipinski definition) is 5. The monoisotopic (exact) mass is 549 g/mol. The normalized spacial score (nSPS) is 17.2. The molecule has 10 heteroatoms. The molecule has 4 aromatic rings. The van der Waals surface area contributed by atoms with Crippen LogP contribution in [0.4, 0.5) is 0 Å². The van der Waals surface area contributed by atoms with E-state index in [0.717, 1.165) is 68.5 Å². The van der Waals surface area contributed by atoms with E-state index in [2.05, 4.69) is 28.4 Å². The number of hydrogen-bond donors (Lipinski definition) is 1. The molecule has 4 heterocycles. The number of benzene rings is 2. The van der Waals surface area contributed by atoms with E-state index in [1.807, 2.05) is 36.1 Å². The van der Waals surface area contributed by atoms with Crippen LogP contribution in [0.1, 0.15) is 41.3 Å².